The number of hydrogen-bond donors (Lipinski definition) is 1. The normalized spacial score (nSPS) is 12.4. The molecule has 0 saturated carbocycles. The summed E-state index contributed by atoms with van der Waals surface area (Å²) in [5.41, 5.74) is 4.89. The summed E-state index contributed by atoms with van der Waals surface area (Å²) in [5.74, 6) is -0.205. The summed E-state index contributed by atoms with van der Waals surface area (Å²) in [5, 5.41) is 3.47. The Labute approximate surface area is 134 Å². The molecule has 0 heterocycles. The maximum atomic E-state index is 13.7. The molecule has 0 saturated heterocycles. The predicted octanol–water partition coefficient (Wildman–Crippen LogP) is 5.10. The van der Waals surface area contributed by atoms with Gasteiger partial charge in [0.15, 0.2) is 0 Å². The maximum Gasteiger partial charge on any atom is 0.124 e. The largest absolute Gasteiger partial charge is 0.310 e. The molecular formula is C18H21BrFN. The average molecular weight is 350 g/mol. The van der Waals surface area contributed by atoms with Crippen molar-refractivity contribution in [2.24, 2.45) is 0 Å². The Morgan fingerprint density at radius 1 is 1.14 bits per heavy atom. The SMILES string of the molecule is CCNC(Cc1c(C)cccc1C)c1cc(F)cc(Br)c1. The van der Waals surface area contributed by atoms with Crippen LogP contribution in [0.25, 0.3) is 0 Å². The summed E-state index contributed by atoms with van der Waals surface area (Å²) in [6.45, 7) is 7.19. The standard InChI is InChI=1S/C18H21BrFN/c1-4-21-18(14-8-15(19)10-16(20)9-14)11-17-12(2)6-5-7-13(17)3/h5-10,18,21H,4,11H2,1-3H3. The molecule has 1 N–H and O–H groups in total. The fourth-order valence-corrected chi connectivity index (χ4v) is 3.19. The lowest BCUT2D eigenvalue weighted by Gasteiger charge is -2.21. The first-order chi connectivity index (χ1) is 10.0. The van der Waals surface area contributed by atoms with Crippen LogP contribution in [0, 0.1) is 19.7 Å². The number of hydrogen-bond acceptors (Lipinski definition) is 1. The zero-order chi connectivity index (χ0) is 15.4. The molecule has 2 rings (SSSR count). The number of nitrogens with one attached hydrogen (secondary N) is 1. The molecule has 0 aliphatic heterocycles. The lowest BCUT2D eigenvalue weighted by molar-refractivity contribution is 0.540. The van der Waals surface area contributed by atoms with Crippen LogP contribution in [0.1, 0.15) is 35.2 Å². The van der Waals surface area contributed by atoms with Crippen molar-refractivity contribution in [2.75, 3.05) is 6.54 Å². The van der Waals surface area contributed by atoms with Crippen molar-refractivity contribution in [3.05, 3.63) is 68.9 Å². The molecule has 0 spiro atoms. The Kier molecular flexibility index (Phi) is 5.54. The lowest BCUT2D eigenvalue weighted by Crippen LogP contribution is -2.23. The Balaban J connectivity index is 2.35. The fraction of sp³-hybridized carbons (Fsp3) is 0.333. The van der Waals surface area contributed by atoms with Gasteiger partial charge in [-0.3, -0.25) is 0 Å². The molecule has 0 aromatic heterocycles. The van der Waals surface area contributed by atoms with E-state index in [0.717, 1.165) is 23.0 Å². The van der Waals surface area contributed by atoms with E-state index < -0.39 is 0 Å². The van der Waals surface area contributed by atoms with Gasteiger partial charge in [-0.25, -0.2) is 4.39 Å². The third-order valence-corrected chi connectivity index (χ3v) is 4.25. The van der Waals surface area contributed by atoms with E-state index in [0.29, 0.717) is 0 Å². The van der Waals surface area contributed by atoms with Crippen molar-refractivity contribution in [3.8, 4) is 0 Å². The maximum absolute atomic E-state index is 13.7. The Bertz CT molecular complexity index is 584. The highest BCUT2D eigenvalue weighted by Crippen LogP contribution is 2.26. The third-order valence-electron chi connectivity index (χ3n) is 3.79. The van der Waals surface area contributed by atoms with Gasteiger partial charge in [-0.05, 0) is 67.3 Å². The summed E-state index contributed by atoms with van der Waals surface area (Å²) in [4.78, 5) is 0. The van der Waals surface area contributed by atoms with E-state index in [2.05, 4.69) is 60.2 Å². The Morgan fingerprint density at radius 2 is 1.81 bits per heavy atom. The minimum Gasteiger partial charge on any atom is -0.310 e. The van der Waals surface area contributed by atoms with Crippen molar-refractivity contribution in [1.82, 2.24) is 5.32 Å². The van der Waals surface area contributed by atoms with Crippen LogP contribution < -0.4 is 5.32 Å². The van der Waals surface area contributed by atoms with E-state index in [1.165, 1.54) is 22.8 Å². The van der Waals surface area contributed by atoms with Gasteiger partial charge in [0.1, 0.15) is 5.82 Å². The summed E-state index contributed by atoms with van der Waals surface area (Å²) >= 11 is 3.38. The van der Waals surface area contributed by atoms with Crippen molar-refractivity contribution >= 4 is 15.9 Å². The topological polar surface area (TPSA) is 12.0 Å². The van der Waals surface area contributed by atoms with Gasteiger partial charge in [-0.1, -0.05) is 41.1 Å². The molecule has 2 aromatic rings. The van der Waals surface area contributed by atoms with Crippen LogP contribution in [-0.4, -0.2) is 6.54 Å². The number of rotatable bonds is 5. The average Bonchev–Trinajstić information content (AvgIpc) is 2.40. The van der Waals surface area contributed by atoms with Gasteiger partial charge >= 0.3 is 0 Å². The van der Waals surface area contributed by atoms with Gasteiger partial charge in [0.25, 0.3) is 0 Å². The highest BCUT2D eigenvalue weighted by molar-refractivity contribution is 9.10. The molecule has 0 amide bonds. The first-order valence-corrected chi connectivity index (χ1v) is 8.05. The summed E-state index contributed by atoms with van der Waals surface area (Å²) in [6.07, 6.45) is 0.863. The zero-order valence-corrected chi connectivity index (χ0v) is 14.3. The second-order valence-corrected chi connectivity index (χ2v) is 6.30. The van der Waals surface area contributed by atoms with Crippen LogP contribution in [0.15, 0.2) is 40.9 Å². The van der Waals surface area contributed by atoms with Gasteiger partial charge in [0.05, 0.1) is 0 Å². The molecule has 1 atom stereocenters. The van der Waals surface area contributed by atoms with Crippen LogP contribution in [-0.2, 0) is 6.42 Å². The Morgan fingerprint density at radius 3 is 2.38 bits per heavy atom. The third kappa shape index (κ3) is 4.14. The van der Waals surface area contributed by atoms with Crippen molar-refractivity contribution in [1.29, 1.82) is 0 Å². The molecule has 0 aliphatic rings. The lowest BCUT2D eigenvalue weighted by atomic mass is 9.93. The Hall–Kier alpha value is -1.19. The van der Waals surface area contributed by atoms with Crippen molar-refractivity contribution in [2.45, 2.75) is 33.2 Å². The molecule has 2 aromatic carbocycles. The van der Waals surface area contributed by atoms with Crippen LogP contribution in [0.2, 0.25) is 0 Å². The summed E-state index contributed by atoms with van der Waals surface area (Å²) in [7, 11) is 0. The number of halogens is 2. The van der Waals surface area contributed by atoms with Crippen LogP contribution >= 0.6 is 15.9 Å². The first-order valence-electron chi connectivity index (χ1n) is 7.25. The predicted molar refractivity (Wildman–Crippen MR) is 90.1 cm³/mol. The zero-order valence-electron chi connectivity index (χ0n) is 12.7. The quantitative estimate of drug-likeness (QED) is 0.791. The van der Waals surface area contributed by atoms with Gasteiger partial charge in [0.2, 0.25) is 0 Å². The minimum absolute atomic E-state index is 0.113. The molecule has 0 radical (unpaired) electrons. The molecule has 0 fully saturated rings. The van der Waals surface area contributed by atoms with Crippen LogP contribution in [0.4, 0.5) is 4.39 Å². The van der Waals surface area contributed by atoms with Crippen molar-refractivity contribution < 1.29 is 4.39 Å². The highest BCUT2D eigenvalue weighted by Gasteiger charge is 2.15. The molecule has 3 heteroatoms. The molecule has 1 unspecified atom stereocenters. The van der Waals surface area contributed by atoms with Crippen molar-refractivity contribution in [3.63, 3.8) is 0 Å². The monoisotopic (exact) mass is 349 g/mol. The molecule has 0 bridgehead atoms. The van der Waals surface area contributed by atoms with Gasteiger partial charge in [0, 0.05) is 10.5 Å². The summed E-state index contributed by atoms with van der Waals surface area (Å²) < 4.78 is 14.4. The number of aryl methyl sites for hydroxylation is 2. The van der Waals surface area contributed by atoms with Crippen LogP contribution in [0.3, 0.4) is 0 Å². The van der Waals surface area contributed by atoms with Crippen LogP contribution in [0.5, 0.6) is 0 Å². The van der Waals surface area contributed by atoms with Gasteiger partial charge < -0.3 is 5.32 Å². The first kappa shape index (κ1) is 16.2. The molecule has 21 heavy (non-hydrogen) atoms. The van der Waals surface area contributed by atoms with Gasteiger partial charge in [-0.2, -0.15) is 0 Å². The van der Waals surface area contributed by atoms with E-state index in [1.54, 1.807) is 6.07 Å². The smallest absolute Gasteiger partial charge is 0.124 e. The molecule has 0 aliphatic carbocycles. The number of benzene rings is 2. The van der Waals surface area contributed by atoms with E-state index in [-0.39, 0.29) is 11.9 Å². The molecular weight excluding hydrogens is 329 g/mol. The van der Waals surface area contributed by atoms with E-state index in [1.807, 2.05) is 6.07 Å². The number of likely N-dealkylation sites (N-methyl/N-ethyl adjacent to an activating group) is 1. The van der Waals surface area contributed by atoms with E-state index in [4.69, 9.17) is 0 Å². The highest BCUT2D eigenvalue weighted by atomic mass is 79.9. The molecule has 112 valence electrons. The fourth-order valence-electron chi connectivity index (χ4n) is 2.71. The van der Waals surface area contributed by atoms with E-state index >= 15 is 0 Å². The second-order valence-electron chi connectivity index (χ2n) is 5.39. The van der Waals surface area contributed by atoms with E-state index in [9.17, 15) is 4.39 Å². The molecule has 1 nitrogen and oxygen atoms in total. The second kappa shape index (κ2) is 7.19. The van der Waals surface area contributed by atoms with Gasteiger partial charge in [-0.15, -0.1) is 0 Å². The summed E-state index contributed by atoms with van der Waals surface area (Å²) in [6, 6.07) is 11.6. The minimum atomic E-state index is -0.205.